The number of carbonyl (C=O) groups is 1. The SMILES string of the molecule is O=C(/C=C/c1ccc(S(=O)(=O)NCc2ccco2)cc1)N1CCc2ccc([N+](=O)[O-])cc21. The molecule has 1 aliphatic rings. The summed E-state index contributed by atoms with van der Waals surface area (Å²) in [4.78, 5) is 24.8. The number of amides is 1. The normalized spacial score (nSPS) is 13.4. The molecule has 0 atom stereocenters. The van der Waals surface area contributed by atoms with E-state index in [2.05, 4.69) is 4.72 Å². The molecular weight excluding hydrogens is 434 g/mol. The lowest BCUT2D eigenvalue weighted by Crippen LogP contribution is -2.26. The Morgan fingerprint density at radius 2 is 1.97 bits per heavy atom. The van der Waals surface area contributed by atoms with Gasteiger partial charge in [-0.1, -0.05) is 18.2 Å². The molecule has 1 N–H and O–H groups in total. The Kier molecular flexibility index (Phi) is 5.89. The van der Waals surface area contributed by atoms with Gasteiger partial charge in [-0.15, -0.1) is 0 Å². The van der Waals surface area contributed by atoms with Crippen molar-refractivity contribution in [2.75, 3.05) is 11.4 Å². The molecule has 0 saturated heterocycles. The lowest BCUT2D eigenvalue weighted by molar-refractivity contribution is -0.384. The number of sulfonamides is 1. The van der Waals surface area contributed by atoms with Crippen LogP contribution < -0.4 is 9.62 Å². The summed E-state index contributed by atoms with van der Waals surface area (Å²) in [5.74, 6) is 0.196. The molecule has 4 rings (SSSR count). The monoisotopic (exact) mass is 453 g/mol. The minimum Gasteiger partial charge on any atom is -0.468 e. The number of hydrogen-bond acceptors (Lipinski definition) is 6. The number of nitrogens with zero attached hydrogens (tertiary/aromatic N) is 2. The van der Waals surface area contributed by atoms with E-state index < -0.39 is 14.9 Å². The van der Waals surface area contributed by atoms with Gasteiger partial charge in [-0.05, 0) is 47.9 Å². The number of furan rings is 1. The molecule has 0 aliphatic carbocycles. The van der Waals surface area contributed by atoms with Gasteiger partial charge < -0.3 is 9.32 Å². The number of anilines is 1. The number of non-ortho nitro benzene ring substituents is 1. The highest BCUT2D eigenvalue weighted by Crippen LogP contribution is 2.31. The Hall–Kier alpha value is -3.76. The van der Waals surface area contributed by atoms with Gasteiger partial charge in [0.15, 0.2) is 0 Å². The smallest absolute Gasteiger partial charge is 0.271 e. The van der Waals surface area contributed by atoms with Crippen LogP contribution in [0.5, 0.6) is 0 Å². The number of carbonyl (C=O) groups excluding carboxylic acids is 1. The van der Waals surface area contributed by atoms with E-state index in [0.717, 1.165) is 5.56 Å². The summed E-state index contributed by atoms with van der Waals surface area (Å²) in [7, 11) is -3.71. The van der Waals surface area contributed by atoms with E-state index in [1.54, 1.807) is 36.4 Å². The maximum atomic E-state index is 12.6. The van der Waals surface area contributed by atoms with Crippen LogP contribution in [0.4, 0.5) is 11.4 Å². The molecule has 164 valence electrons. The highest BCUT2D eigenvalue weighted by molar-refractivity contribution is 7.89. The first-order valence-corrected chi connectivity index (χ1v) is 11.2. The van der Waals surface area contributed by atoms with Crippen molar-refractivity contribution in [3.05, 3.63) is 93.9 Å². The third-order valence-corrected chi connectivity index (χ3v) is 6.48. The molecule has 2 aromatic carbocycles. The molecule has 32 heavy (non-hydrogen) atoms. The topological polar surface area (TPSA) is 123 Å². The zero-order valence-electron chi connectivity index (χ0n) is 16.8. The Labute approximate surface area is 184 Å². The number of hydrogen-bond donors (Lipinski definition) is 1. The summed E-state index contributed by atoms with van der Waals surface area (Å²) in [6.07, 6.45) is 5.04. The van der Waals surface area contributed by atoms with Crippen LogP contribution in [0.25, 0.3) is 6.08 Å². The summed E-state index contributed by atoms with van der Waals surface area (Å²) >= 11 is 0. The molecule has 2 heterocycles. The van der Waals surface area contributed by atoms with Gasteiger partial charge >= 0.3 is 0 Å². The van der Waals surface area contributed by atoms with E-state index in [9.17, 15) is 23.3 Å². The number of nitro groups is 1. The van der Waals surface area contributed by atoms with Gasteiger partial charge in [-0.3, -0.25) is 14.9 Å². The van der Waals surface area contributed by atoms with Crippen molar-refractivity contribution in [1.29, 1.82) is 0 Å². The largest absolute Gasteiger partial charge is 0.468 e. The molecule has 1 aliphatic heterocycles. The van der Waals surface area contributed by atoms with Crippen LogP contribution in [0.3, 0.4) is 0 Å². The molecule has 3 aromatic rings. The summed E-state index contributed by atoms with van der Waals surface area (Å²) in [6, 6.07) is 13.9. The first-order valence-electron chi connectivity index (χ1n) is 9.72. The third-order valence-electron chi connectivity index (χ3n) is 5.07. The number of benzene rings is 2. The fourth-order valence-corrected chi connectivity index (χ4v) is 4.38. The van der Waals surface area contributed by atoms with Gasteiger partial charge in [-0.25, -0.2) is 13.1 Å². The second-order valence-corrected chi connectivity index (χ2v) is 8.88. The first kappa shape index (κ1) is 21.5. The second-order valence-electron chi connectivity index (χ2n) is 7.12. The van der Waals surface area contributed by atoms with E-state index in [0.29, 0.717) is 30.0 Å². The van der Waals surface area contributed by atoms with Crippen LogP contribution in [-0.2, 0) is 27.8 Å². The highest BCUT2D eigenvalue weighted by atomic mass is 32.2. The Balaban J connectivity index is 1.43. The van der Waals surface area contributed by atoms with Crippen molar-refractivity contribution in [2.45, 2.75) is 17.9 Å². The van der Waals surface area contributed by atoms with Gasteiger partial charge in [-0.2, -0.15) is 0 Å². The van der Waals surface area contributed by atoms with Gasteiger partial charge in [0, 0.05) is 24.8 Å². The second kappa shape index (κ2) is 8.77. The summed E-state index contributed by atoms with van der Waals surface area (Å²) in [5.41, 5.74) is 2.00. The molecule has 9 nitrogen and oxygen atoms in total. The van der Waals surface area contributed by atoms with E-state index >= 15 is 0 Å². The zero-order valence-corrected chi connectivity index (χ0v) is 17.6. The molecule has 10 heteroatoms. The van der Waals surface area contributed by atoms with Crippen LogP contribution in [0.15, 0.2) is 76.2 Å². The van der Waals surface area contributed by atoms with Crippen molar-refractivity contribution in [2.24, 2.45) is 0 Å². The van der Waals surface area contributed by atoms with Crippen molar-refractivity contribution < 1.29 is 22.6 Å². The lowest BCUT2D eigenvalue weighted by atomic mass is 10.1. The molecule has 0 bridgehead atoms. The zero-order chi connectivity index (χ0) is 22.7. The minimum atomic E-state index is -3.71. The van der Waals surface area contributed by atoms with E-state index in [1.165, 1.54) is 41.5 Å². The lowest BCUT2D eigenvalue weighted by Gasteiger charge is -2.14. The van der Waals surface area contributed by atoms with Crippen LogP contribution in [0.2, 0.25) is 0 Å². The fourth-order valence-electron chi connectivity index (χ4n) is 3.39. The van der Waals surface area contributed by atoms with Crippen molar-refractivity contribution >= 4 is 33.4 Å². The molecule has 0 radical (unpaired) electrons. The predicted molar refractivity (Wildman–Crippen MR) is 117 cm³/mol. The summed E-state index contributed by atoms with van der Waals surface area (Å²) in [5, 5.41) is 11.0. The number of rotatable bonds is 7. The van der Waals surface area contributed by atoms with E-state index in [1.807, 2.05) is 0 Å². The maximum Gasteiger partial charge on any atom is 0.271 e. The average Bonchev–Trinajstić information content (AvgIpc) is 3.46. The van der Waals surface area contributed by atoms with Crippen LogP contribution >= 0.6 is 0 Å². The molecule has 0 saturated carbocycles. The predicted octanol–water partition coefficient (Wildman–Crippen LogP) is 3.27. The fraction of sp³-hybridized carbons (Fsp3) is 0.136. The number of nitrogens with one attached hydrogen (secondary N) is 1. The molecule has 0 fully saturated rings. The molecule has 1 aromatic heterocycles. The van der Waals surface area contributed by atoms with Crippen molar-refractivity contribution in [3.8, 4) is 0 Å². The van der Waals surface area contributed by atoms with Gasteiger partial charge in [0.25, 0.3) is 11.6 Å². The minimum absolute atomic E-state index is 0.0426. The number of nitro benzene ring substituents is 1. The third kappa shape index (κ3) is 4.61. The van der Waals surface area contributed by atoms with Crippen LogP contribution in [0, 0.1) is 10.1 Å². The molecule has 0 spiro atoms. The van der Waals surface area contributed by atoms with Gasteiger partial charge in [0.2, 0.25) is 10.0 Å². The quantitative estimate of drug-likeness (QED) is 0.333. The highest BCUT2D eigenvalue weighted by Gasteiger charge is 2.25. The number of fused-ring (bicyclic) bond motifs is 1. The molecule has 1 amide bonds. The standard InChI is InChI=1S/C22H19N3O6S/c26-22(24-12-11-17-6-7-18(25(27)28)14-21(17)24)10-5-16-3-8-20(9-4-16)32(29,30)23-15-19-2-1-13-31-19/h1-10,13-14,23H,11-12,15H2/b10-5+. The van der Waals surface area contributed by atoms with Crippen molar-refractivity contribution in [1.82, 2.24) is 4.72 Å². The first-order chi connectivity index (χ1) is 15.3. The molecule has 0 unspecified atom stereocenters. The Morgan fingerprint density at radius 3 is 2.66 bits per heavy atom. The van der Waals surface area contributed by atoms with Gasteiger partial charge in [0.1, 0.15) is 5.76 Å². The summed E-state index contributed by atoms with van der Waals surface area (Å²) < 4.78 is 32.4. The Morgan fingerprint density at radius 1 is 1.19 bits per heavy atom. The molecular formula is C22H19N3O6S. The van der Waals surface area contributed by atoms with Crippen LogP contribution in [0.1, 0.15) is 16.9 Å². The Bertz CT molecular complexity index is 1280. The maximum absolute atomic E-state index is 12.6. The average molecular weight is 453 g/mol. The van der Waals surface area contributed by atoms with E-state index in [-0.39, 0.29) is 23.0 Å². The van der Waals surface area contributed by atoms with Crippen molar-refractivity contribution in [3.63, 3.8) is 0 Å². The van der Waals surface area contributed by atoms with E-state index in [4.69, 9.17) is 4.42 Å². The summed E-state index contributed by atoms with van der Waals surface area (Å²) in [6.45, 7) is 0.485. The van der Waals surface area contributed by atoms with Gasteiger partial charge in [0.05, 0.1) is 28.3 Å². The van der Waals surface area contributed by atoms with Crippen LogP contribution in [-0.4, -0.2) is 25.8 Å².